The number of rotatable bonds is 0. The van der Waals surface area contributed by atoms with E-state index in [1.54, 1.807) is 13.0 Å². The molecule has 0 amide bonds. The van der Waals surface area contributed by atoms with Crippen molar-refractivity contribution in [1.29, 1.82) is 5.26 Å². The lowest BCUT2D eigenvalue weighted by atomic mass is 10.4. The normalized spacial score (nSPS) is 3.96. The Balaban J connectivity index is 4.64. The van der Waals surface area contributed by atoms with Gasteiger partial charge in [-0.3, -0.25) is 0 Å². The van der Waals surface area contributed by atoms with Gasteiger partial charge in [0.2, 0.25) is 0 Å². The van der Waals surface area contributed by atoms with E-state index in [-0.39, 0.29) is 0 Å². The molecule has 0 bridgehead atoms. The maximum atomic E-state index is 8.23. The van der Waals surface area contributed by atoms with Gasteiger partial charge in [-0.25, -0.2) is 0 Å². The first kappa shape index (κ1) is 85.2. The third kappa shape index (κ3) is 84.2. The van der Waals surface area contributed by atoms with Crippen molar-refractivity contribution in [2.75, 3.05) is 0 Å². The van der Waals surface area contributed by atoms with E-state index >= 15 is 0 Å². The number of hydrogen-bond acceptors (Lipinski definition) is 1. The van der Waals surface area contributed by atoms with E-state index < -0.39 is 0 Å². The molecule has 0 aliphatic carbocycles. The maximum absolute atomic E-state index is 8.23. The first-order valence-corrected chi connectivity index (χ1v) is 27.2. The van der Waals surface area contributed by atoms with Crippen LogP contribution in [-0.4, -0.2) is 0 Å². The van der Waals surface area contributed by atoms with Crippen molar-refractivity contribution < 1.29 is 0 Å². The van der Waals surface area contributed by atoms with Gasteiger partial charge in [-0.2, -0.15) is 5.26 Å². The Bertz CT molecular complexity index is 7730. The Morgan fingerprint density at radius 1 is 0.0734 bits per heavy atom. The zero-order chi connectivity index (χ0) is 77.7. The summed E-state index contributed by atoms with van der Waals surface area (Å²) in [7, 11) is 0. The highest BCUT2D eigenvalue weighted by atomic mass is 14.2. The Morgan fingerprint density at radius 2 is 0.119 bits per heavy atom. The fourth-order valence-electron chi connectivity index (χ4n) is 3.31. The minimum absolute atomic E-state index is 1.63. The summed E-state index contributed by atoms with van der Waals surface area (Å²) in [5.74, 6) is 264. The number of nitriles is 1. The topological polar surface area (TPSA) is 23.8 Å². The predicted molar refractivity (Wildman–Crippen MR) is 423 cm³/mol. The molecule has 0 rings (SSSR count). The molecule has 440 valence electrons. The van der Waals surface area contributed by atoms with Crippen molar-refractivity contribution in [2.45, 2.75) is 6.92 Å². The average Bonchev–Trinajstić information content (AvgIpc) is 3.88. The zero-order valence-electron chi connectivity index (χ0n) is 54.9. The molecular formula is C108H3N. The van der Waals surface area contributed by atoms with E-state index in [1.165, 1.54) is 0 Å². The molecule has 0 radical (unpaired) electrons. The molecule has 0 aromatic heterocycles. The van der Waals surface area contributed by atoms with Crippen molar-refractivity contribution in [3.63, 3.8) is 0 Å². The molecule has 109 heavy (non-hydrogen) atoms. The first-order chi connectivity index (χ1) is 54.4. The van der Waals surface area contributed by atoms with Crippen LogP contribution < -0.4 is 0 Å². The highest BCUT2D eigenvalue weighted by Gasteiger charge is 1.68. The van der Waals surface area contributed by atoms with Crippen LogP contribution in [-0.2, 0) is 0 Å². The van der Waals surface area contributed by atoms with E-state index in [0.29, 0.717) is 0 Å². The molecule has 1 heteroatoms. The summed E-state index contributed by atoms with van der Waals surface area (Å²) in [6, 6.07) is 1.63. The molecular weight excluding hydrogens is 1310 g/mol. The quantitative estimate of drug-likeness (QED) is 0.329. The second-order valence-corrected chi connectivity index (χ2v) is 13.5. The molecule has 0 aromatic carbocycles. The standard InChI is InChI=1S/C108H3N/c1-2-3-4-5-6-7-8-9-10-11-12-13-14-15-16-17-18-19-20-21-22-23-24-25-26-27-28-29-30-31-32-33-34-35-36-37-38-39-40-41-42-43-44-45-46-47-48-49-50-51-52-53-54-55-56-57-58-59-60-61-62-63-64-65-66-67-68-69-70-71-72-73-74-75-76-77-78-79-80-81-82-83-84-85-86-87-88-89-90-91-92-93-94-95-96-97-98-99-100-101-102-103-104-105-106-107-108-109/h1H3. The molecule has 0 saturated heterocycles. The second-order valence-electron chi connectivity index (χ2n) is 13.5. The van der Waals surface area contributed by atoms with Gasteiger partial charge in [0.15, 0.2) is 6.07 Å². The van der Waals surface area contributed by atoms with Gasteiger partial charge in [-0.15, -0.1) is 0 Å². The molecule has 0 aliphatic heterocycles. The highest BCUT2D eigenvalue weighted by molar-refractivity contribution is 5.57. The largest absolute Gasteiger partial charge is 0.183 e. The van der Waals surface area contributed by atoms with Crippen LogP contribution in [0.15, 0.2) is 0 Å². The van der Waals surface area contributed by atoms with Crippen molar-refractivity contribution in [3.8, 4) is 634 Å². The zero-order valence-corrected chi connectivity index (χ0v) is 54.9. The highest BCUT2D eigenvalue weighted by Crippen LogP contribution is 1.68. The van der Waals surface area contributed by atoms with Crippen LogP contribution in [0, 0.1) is 639 Å². The van der Waals surface area contributed by atoms with Crippen LogP contribution in [0.2, 0.25) is 0 Å². The predicted octanol–water partition coefficient (Wildman–Crippen LogP) is 0.710. The SMILES string of the molecule is CC#CC#CC#CC#CC#CC#CC#CC#CC#CC#CC#CC#CC#CC#CC#CC#CC#CC#CC#CC#CC#CC#CC#CC#CC#CC#CC#CC#CC#CC#CC#CC#CC#CC#CC#CC#CC#CC#CC#CC#CC#CC#CC#CC#CC#CC#CC#CC#CC#CC#CC#CC#CC#CC#N. The van der Waals surface area contributed by atoms with Gasteiger partial charge in [0.25, 0.3) is 0 Å². The number of nitrogens with zero attached hydrogens (tertiary/aromatic N) is 1. The van der Waals surface area contributed by atoms with Crippen LogP contribution in [0.3, 0.4) is 0 Å². The molecule has 0 atom stereocenters. The summed E-state index contributed by atoms with van der Waals surface area (Å²) >= 11 is 0. The van der Waals surface area contributed by atoms with E-state index in [0.717, 1.165) is 0 Å². The molecule has 0 aromatic rings. The molecule has 0 saturated carbocycles. The van der Waals surface area contributed by atoms with E-state index in [2.05, 4.69) is 628 Å². The van der Waals surface area contributed by atoms with E-state index in [4.69, 9.17) is 5.26 Å². The van der Waals surface area contributed by atoms with Crippen molar-refractivity contribution >= 4 is 0 Å². The van der Waals surface area contributed by atoms with E-state index in [9.17, 15) is 0 Å². The maximum Gasteiger partial charge on any atom is 0.153 e. The lowest BCUT2D eigenvalue weighted by Gasteiger charge is -1.58. The summed E-state index contributed by atoms with van der Waals surface area (Å²) in [5.41, 5.74) is 0. The number of hydrogen-bond donors (Lipinski definition) is 0. The fraction of sp³-hybridized carbons (Fsp3) is 0.00926. The van der Waals surface area contributed by atoms with Gasteiger partial charge in [0.05, 0.1) is 0 Å². The van der Waals surface area contributed by atoms with Crippen molar-refractivity contribution in [1.82, 2.24) is 0 Å². The van der Waals surface area contributed by atoms with Gasteiger partial charge in [-0.05, 0) is 54.3 Å². The molecule has 0 aliphatic rings. The summed E-state index contributed by atoms with van der Waals surface area (Å²) in [6.45, 7) is 1.68. The van der Waals surface area contributed by atoms with Crippen LogP contribution >= 0.6 is 0 Å². The first-order valence-electron chi connectivity index (χ1n) is 27.2. The minimum atomic E-state index is 1.63. The summed E-state index contributed by atoms with van der Waals surface area (Å²) < 4.78 is 0. The van der Waals surface area contributed by atoms with E-state index in [1.807, 2.05) is 0 Å². The lowest BCUT2D eigenvalue weighted by molar-refractivity contribution is 1.55. The van der Waals surface area contributed by atoms with Crippen LogP contribution in [0.4, 0.5) is 0 Å². The van der Waals surface area contributed by atoms with Gasteiger partial charge in [0.1, 0.15) is 0 Å². The Hall–Kier alpha value is -23.8. The second kappa shape index (κ2) is 84.2. The van der Waals surface area contributed by atoms with Crippen LogP contribution in [0.1, 0.15) is 6.92 Å². The molecule has 0 fully saturated rings. The molecule has 0 spiro atoms. The molecule has 0 unspecified atom stereocenters. The van der Waals surface area contributed by atoms with Crippen LogP contribution in [0.25, 0.3) is 0 Å². The monoisotopic (exact) mass is 1310 g/mol. The lowest BCUT2D eigenvalue weighted by Crippen LogP contribution is -1.57. The third-order valence-electron chi connectivity index (χ3n) is 6.68. The molecule has 0 N–H and O–H groups in total. The Kier molecular flexibility index (Phi) is 65.8. The van der Waals surface area contributed by atoms with Gasteiger partial charge < -0.3 is 0 Å². The minimum Gasteiger partial charge on any atom is -0.183 e. The molecule has 1 nitrogen and oxygen atoms in total. The summed E-state index contributed by atoms with van der Waals surface area (Å²) in [5, 5.41) is 8.23. The van der Waals surface area contributed by atoms with Crippen molar-refractivity contribution in [3.05, 3.63) is 0 Å². The van der Waals surface area contributed by atoms with Gasteiger partial charge >= 0.3 is 0 Å². The third-order valence-corrected chi connectivity index (χ3v) is 6.68. The smallest absolute Gasteiger partial charge is 0.153 e. The van der Waals surface area contributed by atoms with Gasteiger partial charge in [0, 0.05) is 574 Å². The van der Waals surface area contributed by atoms with Gasteiger partial charge in [-0.1, -0.05) is 5.92 Å². The van der Waals surface area contributed by atoms with Crippen molar-refractivity contribution in [2.24, 2.45) is 0 Å². The fourth-order valence-corrected chi connectivity index (χ4v) is 3.31. The Morgan fingerprint density at radius 3 is 0.165 bits per heavy atom. The summed E-state index contributed by atoms with van der Waals surface area (Å²) in [6.07, 6.45) is 0. The summed E-state index contributed by atoms with van der Waals surface area (Å²) in [4.78, 5) is 0. The molecule has 0 heterocycles. The Labute approximate surface area is 641 Å². The van der Waals surface area contributed by atoms with Crippen LogP contribution in [0.5, 0.6) is 0 Å². The average molecular weight is 1310 g/mol.